The summed E-state index contributed by atoms with van der Waals surface area (Å²) in [7, 11) is 6.77. The zero-order chi connectivity index (χ0) is 103. The molecule has 9 rings (SSSR count). The number of carbonyl (C=O) groups excluding carboxylic acids is 12. The van der Waals surface area contributed by atoms with Gasteiger partial charge in [-0.05, 0) is 175 Å². The largest absolute Gasteiger partial charge is 0.496 e. The smallest absolute Gasteiger partial charge is 0.407 e. The lowest BCUT2D eigenvalue weighted by atomic mass is 9.72. The van der Waals surface area contributed by atoms with E-state index in [4.69, 9.17) is 62.7 Å². The van der Waals surface area contributed by atoms with Crippen LogP contribution < -0.4 is 42.0 Å². The topological polar surface area (TPSA) is 506 Å². The van der Waals surface area contributed by atoms with Crippen molar-refractivity contribution in [3.05, 3.63) is 85.0 Å². The summed E-state index contributed by atoms with van der Waals surface area (Å²) in [6, 6.07) is 3.76. The minimum Gasteiger partial charge on any atom is -0.496 e. The molecule has 5 heterocycles. The second-order valence-corrected chi connectivity index (χ2v) is 43.9. The number of Topliss-reactive ketones (excluding diaryl/α,β-unsaturated/α-hetero) is 4. The van der Waals surface area contributed by atoms with Crippen LogP contribution in [0.4, 0.5) is 15.3 Å². The molecule has 7 aliphatic rings. The second-order valence-electron chi connectivity index (χ2n) is 38.6. The number of fused-ring (bicyclic) bond motifs is 2. The minimum atomic E-state index is -2.19. The number of rotatable bonds is 48. The molecule has 19 unspecified atom stereocenters. The number of hydrogen-bond acceptors (Lipinski definition) is 33. The number of likely N-dealkylation sites (tertiary alicyclic amines) is 1. The first-order valence-electron chi connectivity index (χ1n) is 47.8. The van der Waals surface area contributed by atoms with Crippen molar-refractivity contribution in [1.82, 2.24) is 26.3 Å². The summed E-state index contributed by atoms with van der Waals surface area (Å²) >= 11 is 2.88. The third-order valence-electron chi connectivity index (χ3n) is 26.4. The predicted molar refractivity (Wildman–Crippen MR) is 530 cm³/mol. The summed E-state index contributed by atoms with van der Waals surface area (Å²) in [6.45, 7) is 25.8. The minimum absolute atomic E-state index is 0.0107. The lowest BCUT2D eigenvalue weighted by Crippen LogP contribution is -2.64. The van der Waals surface area contributed by atoms with Gasteiger partial charge in [0.05, 0.1) is 90.5 Å². The molecule has 2 aromatic carbocycles. The number of hydrogen-bond donors (Lipinski definition) is 11. The number of thioether (sulfide) groups is 1. The SMILES string of the molecule is CCC(C)[C@H](NC(=O)CCCCCN1C(=O)CC(C(C)(C)C)C1=O)C(=O)C[C@@H](CCCNC(N)=O)C(=O)Nc1ccc(COC(=O)NCCCC(=O)CCC(C)(C)SSC/C=C2/C3=C(CC(=O)OC)C(=O)C[C@@]2(O)C#C/C=C\C#C[C@@H]3OC2OC(C)C(NOC3CC(O)C(SC(=O)c4c(C)c(I)c(OC5OC(C)C(O)C(OC)C5O)c(C)c4OC)C(C)O3)C(O)C2OC2CC(C)C(CC(C)=O)CO2)cc1. The number of carbonyl (C=O) groups is 12. The van der Waals surface area contributed by atoms with Crippen LogP contribution in [-0.4, -0.2) is 268 Å². The number of allylic oxidation sites excluding steroid dienone is 2. The van der Waals surface area contributed by atoms with E-state index in [1.165, 1.54) is 59.8 Å². The van der Waals surface area contributed by atoms with Gasteiger partial charge in [0.15, 0.2) is 36.0 Å². The van der Waals surface area contributed by atoms with Crippen LogP contribution >= 0.6 is 55.9 Å². The monoisotopic (exact) mass is 2130 g/mol. The maximum absolute atomic E-state index is 14.6. The van der Waals surface area contributed by atoms with E-state index in [0.29, 0.717) is 70.9 Å². The molecule has 36 nitrogen and oxygen atoms in total. The number of hydroxylamine groups is 1. The van der Waals surface area contributed by atoms with E-state index in [1.807, 2.05) is 78.0 Å². The Morgan fingerprint density at radius 2 is 1.51 bits per heavy atom. The predicted octanol–water partition coefficient (Wildman–Crippen LogP) is 10.0. The summed E-state index contributed by atoms with van der Waals surface area (Å²) in [5, 5.41) is 68.9. The number of alkyl carbamates (subject to hydrolysis) is 1. The highest BCUT2D eigenvalue weighted by molar-refractivity contribution is 14.1. The van der Waals surface area contributed by atoms with Gasteiger partial charge in [0, 0.05) is 122 Å². The van der Waals surface area contributed by atoms with Crippen molar-refractivity contribution in [3.8, 4) is 35.2 Å². The average molecular weight is 2130 g/mol. The van der Waals surface area contributed by atoms with E-state index in [0.717, 1.165) is 18.9 Å². The number of anilines is 1. The van der Waals surface area contributed by atoms with Gasteiger partial charge in [-0.1, -0.05) is 130 Å². The zero-order valence-electron chi connectivity index (χ0n) is 82.9. The Hall–Kier alpha value is -7.96. The maximum Gasteiger partial charge on any atom is 0.407 e. The first kappa shape index (κ1) is 116. The Morgan fingerprint density at radius 3 is 2.16 bits per heavy atom. The Balaban J connectivity index is 0.783. The molecule has 2 bridgehead atoms. The number of esters is 1. The molecule has 0 radical (unpaired) electrons. The number of methoxy groups -OCH3 is 3. The van der Waals surface area contributed by atoms with Crippen LogP contribution in [0, 0.1) is 76.1 Å². The second kappa shape index (κ2) is 53.8. The number of benzene rings is 2. The van der Waals surface area contributed by atoms with Crippen molar-refractivity contribution in [2.75, 3.05) is 58.6 Å². The van der Waals surface area contributed by atoms with Crippen LogP contribution in [0.1, 0.15) is 226 Å². The van der Waals surface area contributed by atoms with Gasteiger partial charge in [-0.3, -0.25) is 52.9 Å². The van der Waals surface area contributed by atoms with Gasteiger partial charge in [0.25, 0.3) is 0 Å². The lowest BCUT2D eigenvalue weighted by molar-refractivity contribution is -0.335. The van der Waals surface area contributed by atoms with Crippen molar-refractivity contribution in [1.29, 1.82) is 0 Å². The van der Waals surface area contributed by atoms with Gasteiger partial charge < -0.3 is 109 Å². The van der Waals surface area contributed by atoms with E-state index in [-0.39, 0.29) is 194 Å². The average Bonchev–Trinajstić information content (AvgIpc) is 1.46. The summed E-state index contributed by atoms with van der Waals surface area (Å²) in [5.41, 5.74) is 7.74. The number of primary amides is 1. The van der Waals surface area contributed by atoms with Crippen LogP contribution in [0.15, 0.2) is 59.2 Å². The Kier molecular flexibility index (Phi) is 44.4. The molecule has 2 aliphatic carbocycles. The number of aliphatic hydroxyl groups excluding tert-OH is 4. The van der Waals surface area contributed by atoms with Gasteiger partial charge in [0.2, 0.25) is 35.0 Å². The Morgan fingerprint density at radius 1 is 0.800 bits per heavy atom. The standard InChI is InChI=1S/C100H140IN7O29S3/c1-18-53(2)81(106-73(114)31-23-21-25-42-108-74(115)48-68(92(108)121)98(10,11)12)69(111)46-62(28-26-40-103-96(102)123)91(120)105-64-34-32-61(33-35-64)51-130-97(124)104-41-27-29-65(110)36-39-99(13,14)140-138-43-37-67-79-66(47-75(116)126-15)71(113)50-100(67,125)38-24-20-19-22-30-72(79)134-95-89(135-76-44-54(3)63(52-129-76)45-55(4)109)84(118)82(58(7)132-95)107-137-77-49-70(112)90(60(9)131-77)139-93(122)78-56(5)80(101)87(57(6)86(78)127-16)136-94-85(119)88(128-17)83(117)59(8)133-94/h19-20,32-35,37,53-54,58-60,62-63,68,70,72,76-77,81-85,88-90,94-95,107,112,117-119,125H,18,21,23,25-29,31,36,39-52H2,1-17H3,(H,104,124)(H,105,120)(H,106,114)(H3,102,103,123)/b20-19-,67-37-/t53?,54?,58?,59?,60?,62-,63?,68?,70?,72+,76?,77?,81+,82?,83?,84?,85?,88?,89?,90?,94?,95?,100+/m1/s1. The number of ketones is 4. The number of imide groups is 1. The molecule has 0 aromatic heterocycles. The number of nitrogens with one attached hydrogen (secondary N) is 5. The number of aliphatic hydroxyl groups is 5. The van der Waals surface area contributed by atoms with Crippen LogP contribution in [0.5, 0.6) is 11.5 Å². The molecule has 5 fully saturated rings. The van der Waals surface area contributed by atoms with Gasteiger partial charge in [0.1, 0.15) is 66.3 Å². The number of urea groups is 1. The number of ether oxygens (including phenoxy) is 11. The molecule has 0 saturated carbocycles. The van der Waals surface area contributed by atoms with Crippen molar-refractivity contribution >= 4 is 132 Å². The van der Waals surface area contributed by atoms with Crippen LogP contribution in [0.25, 0.3) is 0 Å². The Labute approximate surface area is 845 Å². The molecule has 140 heavy (non-hydrogen) atoms. The number of amides is 7. The van der Waals surface area contributed by atoms with Crippen LogP contribution in [0.3, 0.4) is 0 Å². The molecule has 774 valence electrons. The molecule has 2 aromatic rings. The number of halogens is 1. The van der Waals surface area contributed by atoms with Crippen molar-refractivity contribution in [2.24, 2.45) is 40.7 Å². The normalized spacial score (nSPS) is 28.1. The molecule has 23 atom stereocenters. The highest BCUT2D eigenvalue weighted by atomic mass is 127. The maximum atomic E-state index is 14.6. The fourth-order valence-electron chi connectivity index (χ4n) is 17.8. The van der Waals surface area contributed by atoms with Crippen LogP contribution in [0.2, 0.25) is 0 Å². The fraction of sp³-hybridized carbons (Fsp3) is 0.660. The summed E-state index contributed by atoms with van der Waals surface area (Å²) in [5.74, 6) is 7.49. The first-order chi connectivity index (χ1) is 66.2. The van der Waals surface area contributed by atoms with Gasteiger partial charge in [-0.25, -0.2) is 9.59 Å². The van der Waals surface area contributed by atoms with E-state index < -0.39 is 168 Å². The summed E-state index contributed by atoms with van der Waals surface area (Å²) < 4.78 is 66.9. The highest BCUT2D eigenvalue weighted by Crippen LogP contribution is 2.48. The van der Waals surface area contributed by atoms with Crippen molar-refractivity contribution in [2.45, 2.75) is 333 Å². The van der Waals surface area contributed by atoms with Crippen LogP contribution in [-0.2, 0) is 97.2 Å². The third-order valence-corrected chi connectivity index (χ3v) is 32.2. The Bertz CT molecular complexity index is 4940. The number of nitrogens with zero attached hydrogens (tertiary/aromatic N) is 1. The fourth-order valence-corrected chi connectivity index (χ4v) is 22.2. The molecular weight excluding hydrogens is 1990 g/mol. The van der Waals surface area contributed by atoms with E-state index in [2.05, 4.69) is 50.4 Å². The van der Waals surface area contributed by atoms with E-state index in [1.54, 1.807) is 65.0 Å². The molecule has 5 aliphatic heterocycles. The lowest BCUT2D eigenvalue weighted by Gasteiger charge is -2.46. The quantitative estimate of drug-likeness (QED) is 0.00558. The molecule has 12 N–H and O–H groups in total. The first-order valence-corrected chi connectivity index (χ1v) is 52.1. The number of unbranched alkanes of at least 4 members (excludes halogenated alkanes) is 2. The van der Waals surface area contributed by atoms with Gasteiger partial charge in [-0.15, -0.1) is 0 Å². The molecule has 0 spiro atoms. The third kappa shape index (κ3) is 32.0. The molecular formula is C100H140IN7O29S3. The summed E-state index contributed by atoms with van der Waals surface area (Å²) in [6.07, 6.45) is -10.2. The number of nitrogens with two attached hydrogens (primary N) is 1. The van der Waals surface area contributed by atoms with Gasteiger partial charge >= 0.3 is 18.1 Å². The summed E-state index contributed by atoms with van der Waals surface area (Å²) in [4.78, 5) is 167. The molecule has 7 amide bonds. The molecule has 5 saturated heterocycles. The van der Waals surface area contributed by atoms with Gasteiger partial charge in [-0.2, -0.15) is 5.48 Å². The van der Waals surface area contributed by atoms with E-state index >= 15 is 0 Å². The van der Waals surface area contributed by atoms with Crippen molar-refractivity contribution in [3.63, 3.8) is 0 Å². The van der Waals surface area contributed by atoms with Crippen molar-refractivity contribution < 1.29 is 140 Å². The van der Waals surface area contributed by atoms with E-state index in [9.17, 15) is 83.1 Å². The molecule has 40 heteroatoms. The zero-order valence-corrected chi connectivity index (χ0v) is 87.5. The highest BCUT2D eigenvalue weighted by Gasteiger charge is 2.53.